The fraction of sp³-hybridized carbons (Fsp3) is 0.458. The quantitative estimate of drug-likeness (QED) is 0.719. The molecule has 0 aromatic heterocycles. The molecule has 2 aliphatic rings. The molecule has 5 nitrogen and oxygen atoms in total. The van der Waals surface area contributed by atoms with E-state index in [0.29, 0.717) is 19.0 Å². The van der Waals surface area contributed by atoms with Crippen LogP contribution < -0.4 is 5.32 Å². The number of nitrogens with one attached hydrogen (secondary N) is 1. The Kier molecular flexibility index (Phi) is 5.88. The summed E-state index contributed by atoms with van der Waals surface area (Å²) in [7, 11) is 0. The van der Waals surface area contributed by atoms with Crippen LogP contribution in [0.25, 0.3) is 0 Å². The summed E-state index contributed by atoms with van der Waals surface area (Å²) >= 11 is 0. The Bertz CT molecular complexity index is 940. The van der Waals surface area contributed by atoms with Crippen molar-refractivity contribution in [2.75, 3.05) is 31.5 Å². The summed E-state index contributed by atoms with van der Waals surface area (Å²) in [5.41, 5.74) is 1.55. The summed E-state index contributed by atoms with van der Waals surface area (Å²) in [6.07, 6.45) is 1.75. The highest BCUT2D eigenvalue weighted by Gasteiger charge is 2.54. The first-order chi connectivity index (χ1) is 14.8. The van der Waals surface area contributed by atoms with Gasteiger partial charge in [0.25, 0.3) is 0 Å². The molecule has 7 heteroatoms. The monoisotopic (exact) mass is 429 g/mol. The summed E-state index contributed by atoms with van der Waals surface area (Å²) < 4.78 is 26.5. The molecule has 1 spiro atoms. The van der Waals surface area contributed by atoms with Crippen LogP contribution in [0.4, 0.5) is 19.3 Å². The first kappa shape index (κ1) is 21.6. The SMILES string of the molecule is CC(C)CN1CC2(CCN(C(=O)Nc3ccc(F)c(F)c3)CC2)C1c1ccc(O)cc1. The van der Waals surface area contributed by atoms with E-state index >= 15 is 0 Å². The van der Waals surface area contributed by atoms with Crippen LogP contribution in [0.15, 0.2) is 42.5 Å². The van der Waals surface area contributed by atoms with Crippen molar-refractivity contribution in [1.29, 1.82) is 0 Å². The summed E-state index contributed by atoms with van der Waals surface area (Å²) in [6, 6.07) is 10.8. The number of likely N-dealkylation sites (tertiary alicyclic amines) is 2. The van der Waals surface area contributed by atoms with Gasteiger partial charge in [-0.2, -0.15) is 0 Å². The van der Waals surface area contributed by atoms with E-state index in [0.717, 1.165) is 38.1 Å². The number of piperidine rings is 1. The van der Waals surface area contributed by atoms with Gasteiger partial charge in [0.1, 0.15) is 5.75 Å². The zero-order valence-electron chi connectivity index (χ0n) is 17.9. The number of aromatic hydroxyl groups is 1. The molecule has 0 saturated carbocycles. The van der Waals surface area contributed by atoms with Crippen LogP contribution in [0.3, 0.4) is 0 Å². The number of anilines is 1. The maximum Gasteiger partial charge on any atom is 0.321 e. The number of phenolic OH excluding ortho intramolecular Hbond substituents is 1. The largest absolute Gasteiger partial charge is 0.508 e. The third-order valence-electron chi connectivity index (χ3n) is 6.49. The highest BCUT2D eigenvalue weighted by molar-refractivity contribution is 5.89. The number of hydrogen-bond acceptors (Lipinski definition) is 3. The molecule has 2 heterocycles. The van der Waals surface area contributed by atoms with Crippen molar-refractivity contribution in [3.63, 3.8) is 0 Å². The van der Waals surface area contributed by atoms with Crippen LogP contribution in [0.1, 0.15) is 38.3 Å². The predicted octanol–water partition coefficient (Wildman–Crippen LogP) is 5.00. The second-order valence-electron chi connectivity index (χ2n) is 9.23. The van der Waals surface area contributed by atoms with Gasteiger partial charge in [0.15, 0.2) is 11.6 Å². The number of rotatable bonds is 4. The number of amides is 2. The lowest BCUT2D eigenvalue weighted by molar-refractivity contribution is -0.111. The van der Waals surface area contributed by atoms with Crippen molar-refractivity contribution in [2.24, 2.45) is 11.3 Å². The zero-order chi connectivity index (χ0) is 22.2. The van der Waals surface area contributed by atoms with Crippen molar-refractivity contribution in [3.8, 4) is 5.75 Å². The smallest absolute Gasteiger partial charge is 0.321 e. The van der Waals surface area contributed by atoms with E-state index in [2.05, 4.69) is 24.1 Å². The molecule has 2 aromatic carbocycles. The molecule has 4 rings (SSSR count). The molecule has 166 valence electrons. The lowest BCUT2D eigenvalue weighted by Crippen LogP contribution is -2.63. The summed E-state index contributed by atoms with van der Waals surface area (Å²) in [5.74, 6) is -1.10. The lowest BCUT2D eigenvalue weighted by atomic mass is 9.63. The Morgan fingerprint density at radius 2 is 1.81 bits per heavy atom. The van der Waals surface area contributed by atoms with Crippen LogP contribution in [0.5, 0.6) is 5.75 Å². The van der Waals surface area contributed by atoms with E-state index < -0.39 is 11.6 Å². The molecule has 0 aliphatic carbocycles. The van der Waals surface area contributed by atoms with Crippen molar-refractivity contribution in [2.45, 2.75) is 32.7 Å². The minimum atomic E-state index is -0.980. The van der Waals surface area contributed by atoms with Gasteiger partial charge in [0.2, 0.25) is 0 Å². The second-order valence-corrected chi connectivity index (χ2v) is 9.23. The van der Waals surface area contributed by atoms with E-state index in [1.54, 1.807) is 17.0 Å². The van der Waals surface area contributed by atoms with Gasteiger partial charge in [-0.15, -0.1) is 0 Å². The molecule has 0 bridgehead atoms. The Balaban J connectivity index is 1.43. The number of carbonyl (C=O) groups is 1. The molecule has 0 radical (unpaired) electrons. The molecule has 2 aliphatic heterocycles. The fourth-order valence-electron chi connectivity index (χ4n) is 5.08. The van der Waals surface area contributed by atoms with Gasteiger partial charge in [0, 0.05) is 49.4 Å². The Morgan fingerprint density at radius 1 is 1.13 bits per heavy atom. The highest BCUT2D eigenvalue weighted by atomic mass is 19.2. The minimum absolute atomic E-state index is 0.102. The molecule has 1 unspecified atom stereocenters. The number of halogens is 2. The molecule has 31 heavy (non-hydrogen) atoms. The molecule has 2 aromatic rings. The fourth-order valence-corrected chi connectivity index (χ4v) is 5.08. The molecule has 2 saturated heterocycles. The van der Waals surface area contributed by atoms with Crippen molar-refractivity contribution in [3.05, 3.63) is 59.7 Å². The highest BCUT2D eigenvalue weighted by Crippen LogP contribution is 2.55. The third-order valence-corrected chi connectivity index (χ3v) is 6.49. The number of urea groups is 1. The maximum absolute atomic E-state index is 13.4. The molecular formula is C24H29F2N3O2. The standard InChI is InChI=1S/C24H29F2N3O2/c1-16(2)14-29-15-24(22(29)17-3-6-19(30)7-4-17)9-11-28(12-10-24)23(31)27-18-5-8-20(25)21(26)13-18/h3-8,13,16,22,30H,9-12,14-15H2,1-2H3,(H,27,31). The van der Waals surface area contributed by atoms with Gasteiger partial charge in [-0.3, -0.25) is 4.90 Å². The van der Waals surface area contributed by atoms with E-state index in [-0.39, 0.29) is 28.9 Å². The Morgan fingerprint density at radius 3 is 2.42 bits per heavy atom. The molecule has 1 atom stereocenters. The van der Waals surface area contributed by atoms with E-state index in [4.69, 9.17) is 0 Å². The number of phenols is 1. The summed E-state index contributed by atoms with van der Waals surface area (Å²) in [4.78, 5) is 16.9. The summed E-state index contributed by atoms with van der Waals surface area (Å²) in [6.45, 7) is 7.65. The predicted molar refractivity (Wildman–Crippen MR) is 116 cm³/mol. The van der Waals surface area contributed by atoms with E-state index in [1.807, 2.05) is 12.1 Å². The van der Waals surface area contributed by atoms with Crippen molar-refractivity contribution in [1.82, 2.24) is 9.80 Å². The third kappa shape index (κ3) is 4.37. The van der Waals surface area contributed by atoms with Gasteiger partial charge >= 0.3 is 6.03 Å². The van der Waals surface area contributed by atoms with Crippen LogP contribution in [0, 0.1) is 23.0 Å². The van der Waals surface area contributed by atoms with Crippen molar-refractivity contribution < 1.29 is 18.7 Å². The number of benzene rings is 2. The van der Waals surface area contributed by atoms with Crippen LogP contribution in [0.2, 0.25) is 0 Å². The average molecular weight is 430 g/mol. The van der Waals surface area contributed by atoms with Gasteiger partial charge in [0.05, 0.1) is 0 Å². The van der Waals surface area contributed by atoms with Gasteiger partial charge in [-0.1, -0.05) is 26.0 Å². The topological polar surface area (TPSA) is 55.8 Å². The van der Waals surface area contributed by atoms with Gasteiger partial charge in [-0.25, -0.2) is 13.6 Å². The molecule has 2 N–H and O–H groups in total. The van der Waals surface area contributed by atoms with Crippen LogP contribution in [-0.4, -0.2) is 47.1 Å². The zero-order valence-corrected chi connectivity index (χ0v) is 17.9. The molecular weight excluding hydrogens is 400 g/mol. The van der Waals surface area contributed by atoms with E-state index in [1.165, 1.54) is 11.6 Å². The van der Waals surface area contributed by atoms with Crippen molar-refractivity contribution >= 4 is 11.7 Å². The van der Waals surface area contributed by atoms with E-state index in [9.17, 15) is 18.7 Å². The van der Waals surface area contributed by atoms with Crippen LogP contribution >= 0.6 is 0 Å². The first-order valence-corrected chi connectivity index (χ1v) is 10.8. The number of carbonyl (C=O) groups excluding carboxylic acids is 1. The Labute approximate surface area is 181 Å². The Hall–Kier alpha value is -2.67. The summed E-state index contributed by atoms with van der Waals surface area (Å²) in [5, 5.41) is 12.4. The lowest BCUT2D eigenvalue weighted by Gasteiger charge is -2.61. The number of nitrogens with zero attached hydrogens (tertiary/aromatic N) is 2. The molecule has 2 amide bonds. The van der Waals surface area contributed by atoms with Gasteiger partial charge in [-0.05, 0) is 48.6 Å². The number of hydrogen-bond donors (Lipinski definition) is 2. The first-order valence-electron chi connectivity index (χ1n) is 10.8. The minimum Gasteiger partial charge on any atom is -0.508 e. The second kappa shape index (κ2) is 8.46. The maximum atomic E-state index is 13.4. The van der Waals surface area contributed by atoms with Crippen LogP contribution in [-0.2, 0) is 0 Å². The van der Waals surface area contributed by atoms with Gasteiger partial charge < -0.3 is 15.3 Å². The normalized spacial score (nSPS) is 20.7. The molecule has 2 fully saturated rings. The average Bonchev–Trinajstić information content (AvgIpc) is 2.72.